The summed E-state index contributed by atoms with van der Waals surface area (Å²) in [7, 11) is 1.61. The van der Waals surface area contributed by atoms with E-state index in [4.69, 9.17) is 9.15 Å². The molecule has 1 N–H and O–H groups in total. The molecule has 3 heterocycles. The predicted molar refractivity (Wildman–Crippen MR) is 108 cm³/mol. The summed E-state index contributed by atoms with van der Waals surface area (Å²) in [5, 5.41) is 10.7. The second-order valence-electron chi connectivity index (χ2n) is 6.75. The van der Waals surface area contributed by atoms with Crippen LogP contribution in [0.5, 0.6) is 5.75 Å². The molecule has 2 aliphatic heterocycles. The summed E-state index contributed by atoms with van der Waals surface area (Å²) in [4.78, 5) is 16.0. The molecular formula is C20H19BrN3O3S+. The number of fused-ring (bicyclic) bond motifs is 1. The molecule has 1 aromatic heterocycles. The standard InChI is InChI=1S/C20H18BrN3O3S/c1-26-18-5-4-13(21)7-16(18)15-8-19(25)24-11-23(10-14-3-2-6-27-14)12-28-20(24)17(15)9-22/h2-7,15H,8,10-12H2,1H3/p+1/t15-/m1/s1. The zero-order chi connectivity index (χ0) is 19.7. The minimum atomic E-state index is -0.296. The lowest BCUT2D eigenvalue weighted by atomic mass is 9.86. The van der Waals surface area contributed by atoms with Crippen LogP contribution in [0.25, 0.3) is 0 Å². The first kappa shape index (κ1) is 19.1. The summed E-state index contributed by atoms with van der Waals surface area (Å²) < 4.78 is 11.8. The molecule has 28 heavy (non-hydrogen) atoms. The highest BCUT2D eigenvalue weighted by atomic mass is 79.9. The molecule has 2 aromatic rings. The molecule has 8 heteroatoms. The van der Waals surface area contributed by atoms with Crippen molar-refractivity contribution >= 4 is 33.6 Å². The van der Waals surface area contributed by atoms with Crippen molar-refractivity contribution < 1.29 is 18.8 Å². The van der Waals surface area contributed by atoms with Crippen LogP contribution in [0.1, 0.15) is 23.7 Å². The van der Waals surface area contributed by atoms with Gasteiger partial charge in [-0.25, -0.2) is 0 Å². The number of carbonyl (C=O) groups excluding carboxylic acids is 1. The molecule has 2 atom stereocenters. The van der Waals surface area contributed by atoms with E-state index in [9.17, 15) is 10.1 Å². The number of nitrogens with zero attached hydrogens (tertiary/aromatic N) is 2. The topological polar surface area (TPSA) is 70.9 Å². The number of benzene rings is 1. The van der Waals surface area contributed by atoms with Crippen molar-refractivity contribution in [1.82, 2.24) is 4.90 Å². The Balaban J connectivity index is 1.65. The molecule has 1 aromatic carbocycles. The molecular weight excluding hydrogens is 442 g/mol. The Hall–Kier alpha value is -2.21. The predicted octanol–water partition coefficient (Wildman–Crippen LogP) is 2.85. The summed E-state index contributed by atoms with van der Waals surface area (Å²) in [6.07, 6.45) is 1.92. The number of nitriles is 1. The van der Waals surface area contributed by atoms with Gasteiger partial charge in [-0.05, 0) is 42.1 Å². The van der Waals surface area contributed by atoms with Gasteiger partial charge in [0.25, 0.3) is 0 Å². The van der Waals surface area contributed by atoms with Gasteiger partial charge in [0.2, 0.25) is 5.91 Å². The Labute approximate surface area is 175 Å². The number of halogens is 1. The van der Waals surface area contributed by atoms with Crippen molar-refractivity contribution in [2.45, 2.75) is 18.9 Å². The van der Waals surface area contributed by atoms with E-state index in [0.29, 0.717) is 24.5 Å². The highest BCUT2D eigenvalue weighted by Gasteiger charge is 2.40. The number of thioether (sulfide) groups is 1. The third-order valence-electron chi connectivity index (χ3n) is 4.99. The highest BCUT2D eigenvalue weighted by molar-refractivity contribution is 9.10. The van der Waals surface area contributed by atoms with Crippen molar-refractivity contribution in [3.05, 3.63) is 63.0 Å². The summed E-state index contributed by atoms with van der Waals surface area (Å²) >= 11 is 5.05. The first-order valence-corrected chi connectivity index (χ1v) is 10.7. The number of furan rings is 1. The average molecular weight is 461 g/mol. The molecule has 0 radical (unpaired) electrons. The van der Waals surface area contributed by atoms with Gasteiger partial charge in [0.05, 0.1) is 25.0 Å². The van der Waals surface area contributed by atoms with Crippen molar-refractivity contribution in [2.75, 3.05) is 19.7 Å². The molecule has 1 amide bonds. The number of rotatable bonds is 4. The number of quaternary nitrogens is 1. The molecule has 0 bridgehead atoms. The van der Waals surface area contributed by atoms with Gasteiger partial charge in [-0.3, -0.25) is 9.69 Å². The number of allylic oxidation sites excluding steroid dienone is 1. The molecule has 1 unspecified atom stereocenters. The quantitative estimate of drug-likeness (QED) is 0.759. The monoisotopic (exact) mass is 460 g/mol. The lowest BCUT2D eigenvalue weighted by molar-refractivity contribution is -0.911. The van der Waals surface area contributed by atoms with Crippen molar-refractivity contribution in [1.29, 1.82) is 5.26 Å². The third kappa shape index (κ3) is 3.58. The molecule has 0 spiro atoms. The lowest BCUT2D eigenvalue weighted by Crippen LogP contribution is -3.12. The number of amides is 1. The van der Waals surface area contributed by atoms with E-state index in [1.807, 2.05) is 30.3 Å². The van der Waals surface area contributed by atoms with Gasteiger partial charge in [0, 0.05) is 22.4 Å². The summed E-state index contributed by atoms with van der Waals surface area (Å²) in [6.45, 7) is 1.25. The maximum Gasteiger partial charge on any atom is 0.232 e. The molecule has 1 fully saturated rings. The molecule has 144 valence electrons. The van der Waals surface area contributed by atoms with E-state index >= 15 is 0 Å². The van der Waals surface area contributed by atoms with E-state index in [2.05, 4.69) is 22.0 Å². The van der Waals surface area contributed by atoms with Crippen molar-refractivity contribution in [2.24, 2.45) is 0 Å². The summed E-state index contributed by atoms with van der Waals surface area (Å²) in [6, 6.07) is 11.9. The largest absolute Gasteiger partial charge is 0.496 e. The molecule has 4 rings (SSSR count). The SMILES string of the molecule is COc1ccc(Br)cc1[C@H]1CC(=O)N2C[NH+](Cc3ccco3)CSC2=C1C#N. The smallest absolute Gasteiger partial charge is 0.232 e. The average Bonchev–Trinajstić information content (AvgIpc) is 3.21. The van der Waals surface area contributed by atoms with E-state index in [1.54, 1.807) is 30.0 Å². The molecule has 1 saturated heterocycles. The van der Waals surface area contributed by atoms with Gasteiger partial charge in [0.15, 0.2) is 12.4 Å². The zero-order valence-corrected chi connectivity index (χ0v) is 17.7. The van der Waals surface area contributed by atoms with Gasteiger partial charge >= 0.3 is 0 Å². The molecule has 0 aliphatic carbocycles. The van der Waals surface area contributed by atoms with Crippen molar-refractivity contribution in [3.8, 4) is 11.8 Å². The Morgan fingerprint density at radius 2 is 2.32 bits per heavy atom. The Bertz CT molecular complexity index is 968. The molecule has 2 aliphatic rings. The number of hydrogen-bond donors (Lipinski definition) is 1. The number of ether oxygens (including phenoxy) is 1. The van der Waals surface area contributed by atoms with Crippen LogP contribution in [-0.4, -0.2) is 30.5 Å². The highest BCUT2D eigenvalue weighted by Crippen LogP contribution is 2.43. The molecule has 0 saturated carbocycles. The Morgan fingerprint density at radius 1 is 1.46 bits per heavy atom. The van der Waals surface area contributed by atoms with Crippen LogP contribution in [0.15, 0.2) is 56.1 Å². The van der Waals surface area contributed by atoms with E-state index < -0.39 is 0 Å². The zero-order valence-electron chi connectivity index (χ0n) is 15.3. The molecule has 6 nitrogen and oxygen atoms in total. The first-order valence-electron chi connectivity index (χ1n) is 8.87. The fourth-order valence-electron chi connectivity index (χ4n) is 3.69. The van der Waals surface area contributed by atoms with Gasteiger partial charge in [-0.15, -0.1) is 0 Å². The van der Waals surface area contributed by atoms with Gasteiger partial charge < -0.3 is 14.1 Å². The van der Waals surface area contributed by atoms with E-state index in [-0.39, 0.29) is 18.2 Å². The Morgan fingerprint density at radius 3 is 3.04 bits per heavy atom. The van der Waals surface area contributed by atoms with Crippen LogP contribution in [0, 0.1) is 11.3 Å². The summed E-state index contributed by atoms with van der Waals surface area (Å²) in [5.41, 5.74) is 1.50. The number of nitrogens with one attached hydrogen (secondary N) is 1. The van der Waals surface area contributed by atoms with Crippen LogP contribution >= 0.6 is 27.7 Å². The maximum absolute atomic E-state index is 13.0. The fourth-order valence-corrected chi connectivity index (χ4v) is 5.26. The van der Waals surface area contributed by atoms with E-state index in [0.717, 1.165) is 26.7 Å². The van der Waals surface area contributed by atoms with Crippen LogP contribution in [-0.2, 0) is 11.3 Å². The first-order chi connectivity index (χ1) is 13.6. The van der Waals surface area contributed by atoms with E-state index in [1.165, 1.54) is 4.90 Å². The van der Waals surface area contributed by atoms with Crippen molar-refractivity contribution in [3.63, 3.8) is 0 Å². The summed E-state index contributed by atoms with van der Waals surface area (Å²) in [5.74, 6) is 2.09. The minimum Gasteiger partial charge on any atom is -0.496 e. The number of hydrogen-bond acceptors (Lipinski definition) is 5. The second kappa shape index (κ2) is 8.03. The lowest BCUT2D eigenvalue weighted by Gasteiger charge is -2.39. The van der Waals surface area contributed by atoms with Crippen LogP contribution in [0.3, 0.4) is 0 Å². The van der Waals surface area contributed by atoms with Gasteiger partial charge in [0.1, 0.15) is 23.2 Å². The van der Waals surface area contributed by atoms with Gasteiger partial charge in [-0.2, -0.15) is 5.26 Å². The number of methoxy groups -OCH3 is 1. The maximum atomic E-state index is 13.0. The van der Waals surface area contributed by atoms with Gasteiger partial charge in [-0.1, -0.05) is 15.9 Å². The van der Waals surface area contributed by atoms with Crippen LogP contribution < -0.4 is 9.64 Å². The number of carbonyl (C=O) groups is 1. The Kier molecular flexibility index (Phi) is 5.49. The van der Waals surface area contributed by atoms with Crippen LogP contribution in [0.4, 0.5) is 0 Å². The third-order valence-corrected chi connectivity index (χ3v) is 6.75. The fraction of sp³-hybridized carbons (Fsp3) is 0.300. The second-order valence-corrected chi connectivity index (χ2v) is 8.63. The minimum absolute atomic E-state index is 0.0326. The van der Waals surface area contributed by atoms with Crippen LogP contribution in [0.2, 0.25) is 0 Å². The normalized spacial score (nSPS) is 22.0.